The quantitative estimate of drug-likeness (QED) is 0.603. The Morgan fingerprint density at radius 2 is 2.18 bits per heavy atom. The maximum Gasteiger partial charge on any atom is 0.0337 e. The number of nitrogens with one attached hydrogen (secondary N) is 1. The van der Waals surface area contributed by atoms with Crippen molar-refractivity contribution in [2.24, 2.45) is 5.92 Å². The van der Waals surface area contributed by atoms with E-state index in [9.17, 15) is 0 Å². The highest BCUT2D eigenvalue weighted by Crippen LogP contribution is 2.15. The van der Waals surface area contributed by atoms with Crippen molar-refractivity contribution in [2.75, 3.05) is 7.05 Å². The third-order valence-corrected chi connectivity index (χ3v) is 2.07. The van der Waals surface area contributed by atoms with E-state index in [1.54, 1.807) is 0 Å². The van der Waals surface area contributed by atoms with E-state index < -0.39 is 0 Å². The van der Waals surface area contributed by atoms with Crippen LogP contribution >= 0.6 is 0 Å². The molecule has 11 heavy (non-hydrogen) atoms. The molecule has 0 aromatic rings. The Bertz CT molecular complexity index is 221. The highest BCUT2D eigenvalue weighted by atomic mass is 14.8. The van der Waals surface area contributed by atoms with E-state index in [1.807, 2.05) is 7.05 Å². The molecule has 0 saturated carbocycles. The normalized spacial score (nSPS) is 23.7. The summed E-state index contributed by atoms with van der Waals surface area (Å²) in [6, 6.07) is 0. The van der Waals surface area contributed by atoms with Crippen LogP contribution in [-0.2, 0) is 0 Å². The van der Waals surface area contributed by atoms with Gasteiger partial charge in [0.1, 0.15) is 0 Å². The van der Waals surface area contributed by atoms with Gasteiger partial charge in [-0.3, -0.25) is 0 Å². The molecule has 1 nitrogen and oxygen atoms in total. The first-order valence-corrected chi connectivity index (χ1v) is 3.98. The summed E-state index contributed by atoms with van der Waals surface area (Å²) < 4.78 is 0. The largest absolute Gasteiger partial charge is 0.388 e. The highest BCUT2D eigenvalue weighted by molar-refractivity contribution is 5.31. The Morgan fingerprint density at radius 1 is 1.45 bits per heavy atom. The molecule has 1 N–H and O–H groups in total. The van der Waals surface area contributed by atoms with Gasteiger partial charge in [-0.1, -0.05) is 24.6 Å². The third kappa shape index (κ3) is 1.97. The molecule has 0 saturated heterocycles. The second-order valence-electron chi connectivity index (χ2n) is 2.93. The molecule has 0 fully saturated rings. The number of allylic oxidation sites excluding steroid dienone is 5. The summed E-state index contributed by atoms with van der Waals surface area (Å²) in [6.45, 7) is 4.36. The number of hydrogen-bond donors (Lipinski definition) is 1. The Balaban J connectivity index is 2.87. The summed E-state index contributed by atoms with van der Waals surface area (Å²) in [5, 5.41) is 3.13. The molecule has 1 heteroatoms. The lowest BCUT2D eigenvalue weighted by atomic mass is 10.0. The molecule has 1 atom stereocenters. The second kappa shape index (κ2) is 3.42. The molecule has 0 aromatic carbocycles. The highest BCUT2D eigenvalue weighted by Gasteiger charge is 2.02. The van der Waals surface area contributed by atoms with Gasteiger partial charge in [0, 0.05) is 12.7 Å². The van der Waals surface area contributed by atoms with E-state index in [1.165, 1.54) is 11.3 Å². The molecular formula is C10H15N. The summed E-state index contributed by atoms with van der Waals surface area (Å²) in [5.41, 5.74) is 2.59. The Kier molecular flexibility index (Phi) is 2.53. The number of likely N-dealkylation sites (N-methyl/N-ethyl adjacent to an activating group) is 1. The first-order chi connectivity index (χ1) is 5.24. The van der Waals surface area contributed by atoms with Crippen molar-refractivity contribution >= 4 is 0 Å². The van der Waals surface area contributed by atoms with E-state index in [-0.39, 0.29) is 0 Å². The van der Waals surface area contributed by atoms with E-state index in [2.05, 4.69) is 43.5 Å². The molecular weight excluding hydrogens is 134 g/mol. The van der Waals surface area contributed by atoms with Crippen molar-refractivity contribution in [3.63, 3.8) is 0 Å². The summed E-state index contributed by atoms with van der Waals surface area (Å²) in [4.78, 5) is 0. The predicted molar refractivity (Wildman–Crippen MR) is 49.2 cm³/mol. The molecule has 1 unspecified atom stereocenters. The van der Waals surface area contributed by atoms with Crippen LogP contribution in [0.5, 0.6) is 0 Å². The molecule has 1 rings (SSSR count). The lowest BCUT2D eigenvalue weighted by molar-refractivity contribution is 0.860. The molecule has 0 heterocycles. The van der Waals surface area contributed by atoms with Crippen LogP contribution in [0.3, 0.4) is 0 Å². The summed E-state index contributed by atoms with van der Waals surface area (Å²) in [5.74, 6) is 0.567. The van der Waals surface area contributed by atoms with E-state index in [0.29, 0.717) is 5.92 Å². The van der Waals surface area contributed by atoms with Gasteiger partial charge in [-0.2, -0.15) is 0 Å². The average Bonchev–Trinajstić information content (AvgIpc) is 2.15. The predicted octanol–water partition coefficient (Wildman–Crippen LogP) is 2.24. The van der Waals surface area contributed by atoms with Gasteiger partial charge in [-0.15, -0.1) is 0 Å². The monoisotopic (exact) mass is 149 g/mol. The lowest BCUT2D eigenvalue weighted by Crippen LogP contribution is -2.03. The first kappa shape index (κ1) is 8.12. The molecule has 0 aromatic heterocycles. The Hall–Kier alpha value is -0.980. The lowest BCUT2D eigenvalue weighted by Gasteiger charge is -2.05. The van der Waals surface area contributed by atoms with E-state index in [0.717, 1.165) is 0 Å². The van der Waals surface area contributed by atoms with Crippen LogP contribution in [0.4, 0.5) is 0 Å². The maximum absolute atomic E-state index is 3.13. The van der Waals surface area contributed by atoms with Gasteiger partial charge in [-0.05, 0) is 25.0 Å². The molecule has 0 radical (unpaired) electrons. The van der Waals surface area contributed by atoms with Gasteiger partial charge in [-0.25, -0.2) is 0 Å². The minimum atomic E-state index is 0.567. The summed E-state index contributed by atoms with van der Waals surface area (Å²) in [6.07, 6.45) is 8.58. The maximum atomic E-state index is 3.13. The molecule has 60 valence electrons. The van der Waals surface area contributed by atoms with Gasteiger partial charge in [0.05, 0.1) is 0 Å². The minimum Gasteiger partial charge on any atom is -0.388 e. The molecule has 0 bridgehead atoms. The van der Waals surface area contributed by atoms with Gasteiger partial charge in [0.15, 0.2) is 0 Å². The fourth-order valence-electron chi connectivity index (χ4n) is 1.06. The van der Waals surface area contributed by atoms with Crippen LogP contribution in [0.2, 0.25) is 0 Å². The van der Waals surface area contributed by atoms with Crippen molar-refractivity contribution in [1.82, 2.24) is 5.32 Å². The first-order valence-electron chi connectivity index (χ1n) is 3.98. The van der Waals surface area contributed by atoms with Crippen molar-refractivity contribution in [2.45, 2.75) is 13.8 Å². The van der Waals surface area contributed by atoms with Crippen molar-refractivity contribution < 1.29 is 0 Å². The molecule has 1 aliphatic rings. The van der Waals surface area contributed by atoms with Crippen LogP contribution in [-0.4, -0.2) is 7.05 Å². The van der Waals surface area contributed by atoms with Gasteiger partial charge in [0.25, 0.3) is 0 Å². The van der Waals surface area contributed by atoms with Crippen LogP contribution in [0.1, 0.15) is 13.8 Å². The van der Waals surface area contributed by atoms with Crippen molar-refractivity contribution in [1.29, 1.82) is 0 Å². The Morgan fingerprint density at radius 3 is 2.82 bits per heavy atom. The molecule has 0 spiro atoms. The zero-order valence-electron chi connectivity index (χ0n) is 7.39. The third-order valence-electron chi connectivity index (χ3n) is 2.07. The van der Waals surface area contributed by atoms with Crippen LogP contribution in [0.15, 0.2) is 35.6 Å². The van der Waals surface area contributed by atoms with Crippen LogP contribution in [0, 0.1) is 5.92 Å². The fraction of sp³-hybridized carbons (Fsp3) is 0.400. The van der Waals surface area contributed by atoms with Crippen LogP contribution < -0.4 is 5.32 Å². The summed E-state index contributed by atoms with van der Waals surface area (Å²) in [7, 11) is 1.94. The molecule has 0 aliphatic heterocycles. The zero-order chi connectivity index (χ0) is 8.27. The van der Waals surface area contributed by atoms with Crippen molar-refractivity contribution in [3.05, 3.63) is 35.6 Å². The average molecular weight is 149 g/mol. The molecule has 0 amide bonds. The number of rotatable bonds is 1. The second-order valence-corrected chi connectivity index (χ2v) is 2.93. The smallest absolute Gasteiger partial charge is 0.0337 e. The van der Waals surface area contributed by atoms with Gasteiger partial charge in [0.2, 0.25) is 0 Å². The van der Waals surface area contributed by atoms with Gasteiger partial charge >= 0.3 is 0 Å². The van der Waals surface area contributed by atoms with E-state index in [4.69, 9.17) is 0 Å². The SMILES string of the molecule is CNC1=CC=CC(C)C(C)=C1. The topological polar surface area (TPSA) is 12.0 Å². The minimum absolute atomic E-state index is 0.567. The van der Waals surface area contributed by atoms with Crippen molar-refractivity contribution in [3.8, 4) is 0 Å². The Labute approximate surface area is 68.5 Å². The van der Waals surface area contributed by atoms with E-state index >= 15 is 0 Å². The number of hydrogen-bond acceptors (Lipinski definition) is 1. The zero-order valence-corrected chi connectivity index (χ0v) is 7.39. The molecule has 1 aliphatic carbocycles. The summed E-state index contributed by atoms with van der Waals surface area (Å²) >= 11 is 0. The van der Waals surface area contributed by atoms with Gasteiger partial charge < -0.3 is 5.32 Å². The standard InChI is InChI=1S/C10H15N/c1-8-5-4-6-10(11-3)7-9(8)2/h4-8,11H,1-3H3. The van der Waals surface area contributed by atoms with Crippen LogP contribution in [0.25, 0.3) is 0 Å². The fourth-order valence-corrected chi connectivity index (χ4v) is 1.06.